The number of furan rings is 1. The molecule has 0 saturated heterocycles. The molecule has 23 heavy (non-hydrogen) atoms. The van der Waals surface area contributed by atoms with E-state index < -0.39 is 0 Å². The van der Waals surface area contributed by atoms with Gasteiger partial charge in [-0.05, 0) is 17.7 Å². The number of benzene rings is 2. The molecule has 0 bridgehead atoms. The lowest BCUT2D eigenvalue weighted by Gasteiger charge is -2.14. The Balaban J connectivity index is 1.91. The molecule has 2 aromatic carbocycles. The molecule has 1 aromatic heterocycles. The van der Waals surface area contributed by atoms with Gasteiger partial charge in [-0.3, -0.25) is 4.79 Å². The lowest BCUT2D eigenvalue weighted by Crippen LogP contribution is -2.08. The monoisotopic (exact) mass is 304 g/mol. The van der Waals surface area contributed by atoms with Gasteiger partial charge < -0.3 is 4.42 Å². The van der Waals surface area contributed by atoms with Crippen LogP contribution >= 0.6 is 0 Å². The van der Waals surface area contributed by atoms with Crippen molar-refractivity contribution in [3.63, 3.8) is 0 Å². The van der Waals surface area contributed by atoms with Crippen LogP contribution in [0.25, 0.3) is 0 Å². The van der Waals surface area contributed by atoms with Crippen LogP contribution in [-0.2, 0) is 6.42 Å². The Labute approximate surface area is 136 Å². The second-order valence-electron chi connectivity index (χ2n) is 5.61. The second kappa shape index (κ2) is 7.10. The SMILES string of the molecule is CCc1ccc(C(CC(=O)c2ccccc2)c2ccccc2)o1. The number of hydrogen-bond acceptors (Lipinski definition) is 2. The molecule has 3 aromatic rings. The summed E-state index contributed by atoms with van der Waals surface area (Å²) in [5.74, 6) is 1.89. The predicted molar refractivity (Wildman–Crippen MR) is 91.8 cm³/mol. The summed E-state index contributed by atoms with van der Waals surface area (Å²) in [4.78, 5) is 12.6. The summed E-state index contributed by atoms with van der Waals surface area (Å²) >= 11 is 0. The van der Waals surface area contributed by atoms with Gasteiger partial charge in [-0.25, -0.2) is 0 Å². The summed E-state index contributed by atoms with van der Waals surface area (Å²) in [5.41, 5.74) is 1.85. The number of ketones is 1. The molecule has 0 fully saturated rings. The zero-order valence-electron chi connectivity index (χ0n) is 13.2. The van der Waals surface area contributed by atoms with Gasteiger partial charge in [0.2, 0.25) is 0 Å². The molecule has 1 heterocycles. The number of carbonyl (C=O) groups excluding carboxylic acids is 1. The molecule has 1 atom stereocenters. The Hall–Kier alpha value is -2.61. The summed E-state index contributed by atoms with van der Waals surface area (Å²) in [6, 6.07) is 23.5. The van der Waals surface area contributed by atoms with Crippen molar-refractivity contribution in [3.05, 3.63) is 95.4 Å². The van der Waals surface area contributed by atoms with E-state index in [1.54, 1.807) is 0 Å². The fourth-order valence-corrected chi connectivity index (χ4v) is 2.77. The fraction of sp³-hybridized carbons (Fsp3) is 0.190. The van der Waals surface area contributed by atoms with Crippen LogP contribution < -0.4 is 0 Å². The van der Waals surface area contributed by atoms with E-state index in [2.05, 4.69) is 19.1 Å². The number of hydrogen-bond donors (Lipinski definition) is 0. The highest BCUT2D eigenvalue weighted by Crippen LogP contribution is 2.30. The van der Waals surface area contributed by atoms with Crippen molar-refractivity contribution in [3.8, 4) is 0 Å². The van der Waals surface area contributed by atoms with Gasteiger partial charge in [-0.15, -0.1) is 0 Å². The molecule has 2 nitrogen and oxygen atoms in total. The first kappa shape index (κ1) is 15.3. The number of rotatable bonds is 6. The highest BCUT2D eigenvalue weighted by atomic mass is 16.3. The van der Waals surface area contributed by atoms with Gasteiger partial charge >= 0.3 is 0 Å². The third-order valence-corrected chi connectivity index (χ3v) is 4.06. The van der Waals surface area contributed by atoms with E-state index in [0.29, 0.717) is 6.42 Å². The van der Waals surface area contributed by atoms with Crippen LogP contribution in [0.4, 0.5) is 0 Å². The summed E-state index contributed by atoms with van der Waals surface area (Å²) in [7, 11) is 0. The first-order valence-electron chi connectivity index (χ1n) is 7.99. The van der Waals surface area contributed by atoms with E-state index in [1.165, 1.54) is 0 Å². The van der Waals surface area contributed by atoms with Gasteiger partial charge in [0.25, 0.3) is 0 Å². The lowest BCUT2D eigenvalue weighted by atomic mass is 9.89. The third-order valence-electron chi connectivity index (χ3n) is 4.06. The molecule has 0 amide bonds. The van der Waals surface area contributed by atoms with E-state index in [1.807, 2.05) is 60.7 Å². The quantitative estimate of drug-likeness (QED) is 0.582. The van der Waals surface area contributed by atoms with Gasteiger partial charge in [0.1, 0.15) is 11.5 Å². The molecule has 0 aliphatic carbocycles. The minimum absolute atomic E-state index is 0.0517. The Morgan fingerprint density at radius 1 is 0.913 bits per heavy atom. The molecule has 0 N–H and O–H groups in total. The van der Waals surface area contributed by atoms with Crippen LogP contribution in [0.2, 0.25) is 0 Å². The maximum atomic E-state index is 12.6. The van der Waals surface area contributed by atoms with E-state index in [-0.39, 0.29) is 11.7 Å². The molecule has 1 unspecified atom stereocenters. The molecule has 0 radical (unpaired) electrons. The summed E-state index contributed by atoms with van der Waals surface area (Å²) in [6.45, 7) is 2.06. The molecule has 2 heteroatoms. The molecule has 116 valence electrons. The average Bonchev–Trinajstić information content (AvgIpc) is 3.10. The second-order valence-corrected chi connectivity index (χ2v) is 5.61. The van der Waals surface area contributed by atoms with Crippen LogP contribution in [-0.4, -0.2) is 5.78 Å². The summed E-state index contributed by atoms with van der Waals surface area (Å²) in [6.07, 6.45) is 1.26. The van der Waals surface area contributed by atoms with Crippen LogP contribution in [0.5, 0.6) is 0 Å². The Morgan fingerprint density at radius 3 is 2.17 bits per heavy atom. The molecule has 0 saturated carbocycles. The smallest absolute Gasteiger partial charge is 0.163 e. The predicted octanol–water partition coefficient (Wildman–Crippen LogP) is 5.25. The molecule has 0 spiro atoms. The van der Waals surface area contributed by atoms with E-state index in [0.717, 1.165) is 29.1 Å². The number of aryl methyl sites for hydroxylation is 1. The van der Waals surface area contributed by atoms with Gasteiger partial charge in [0.15, 0.2) is 5.78 Å². The van der Waals surface area contributed by atoms with E-state index >= 15 is 0 Å². The molecule has 0 aliphatic rings. The van der Waals surface area contributed by atoms with Crippen molar-refractivity contribution >= 4 is 5.78 Å². The van der Waals surface area contributed by atoms with Gasteiger partial charge in [0.05, 0.1) is 0 Å². The van der Waals surface area contributed by atoms with Gasteiger partial charge in [-0.2, -0.15) is 0 Å². The normalized spacial score (nSPS) is 12.0. The maximum Gasteiger partial charge on any atom is 0.163 e. The highest BCUT2D eigenvalue weighted by molar-refractivity contribution is 5.96. The number of carbonyl (C=O) groups is 1. The minimum Gasteiger partial charge on any atom is -0.465 e. The topological polar surface area (TPSA) is 30.2 Å². The molecular formula is C21H20O2. The summed E-state index contributed by atoms with van der Waals surface area (Å²) < 4.78 is 5.93. The van der Waals surface area contributed by atoms with E-state index in [9.17, 15) is 4.79 Å². The van der Waals surface area contributed by atoms with E-state index in [4.69, 9.17) is 4.42 Å². The molecular weight excluding hydrogens is 284 g/mol. The van der Waals surface area contributed by atoms with Crippen LogP contribution in [0.3, 0.4) is 0 Å². The van der Waals surface area contributed by atoms with Crippen LogP contribution in [0, 0.1) is 0 Å². The summed E-state index contributed by atoms with van der Waals surface area (Å²) in [5, 5.41) is 0. The number of Topliss-reactive ketones (excluding diaryl/α,β-unsaturated/α-hetero) is 1. The highest BCUT2D eigenvalue weighted by Gasteiger charge is 2.22. The van der Waals surface area contributed by atoms with Crippen molar-refractivity contribution in [2.45, 2.75) is 25.7 Å². The first-order valence-corrected chi connectivity index (χ1v) is 7.99. The first-order chi connectivity index (χ1) is 11.3. The van der Waals surface area contributed by atoms with Gasteiger partial charge in [0, 0.05) is 24.3 Å². The largest absolute Gasteiger partial charge is 0.465 e. The minimum atomic E-state index is -0.0517. The molecule has 0 aliphatic heterocycles. The standard InChI is InChI=1S/C21H20O2/c1-2-18-13-14-21(23-18)19(16-9-5-3-6-10-16)15-20(22)17-11-7-4-8-12-17/h3-14,19H,2,15H2,1H3. The van der Waals surface area contributed by atoms with Crippen molar-refractivity contribution in [2.75, 3.05) is 0 Å². The van der Waals surface area contributed by atoms with Gasteiger partial charge in [-0.1, -0.05) is 67.6 Å². The van der Waals surface area contributed by atoms with Crippen molar-refractivity contribution in [1.29, 1.82) is 0 Å². The fourth-order valence-electron chi connectivity index (χ4n) is 2.77. The zero-order valence-corrected chi connectivity index (χ0v) is 13.2. The Morgan fingerprint density at radius 2 is 1.57 bits per heavy atom. The van der Waals surface area contributed by atoms with Crippen LogP contribution in [0.15, 0.2) is 77.2 Å². The van der Waals surface area contributed by atoms with Crippen molar-refractivity contribution in [2.24, 2.45) is 0 Å². The van der Waals surface area contributed by atoms with Crippen molar-refractivity contribution < 1.29 is 9.21 Å². The average molecular weight is 304 g/mol. The zero-order chi connectivity index (χ0) is 16.1. The third kappa shape index (κ3) is 3.59. The Kier molecular flexibility index (Phi) is 4.72. The maximum absolute atomic E-state index is 12.6. The molecule has 3 rings (SSSR count). The van der Waals surface area contributed by atoms with Crippen LogP contribution in [0.1, 0.15) is 46.7 Å². The lowest BCUT2D eigenvalue weighted by molar-refractivity contribution is 0.0975. The Bertz CT molecular complexity index is 757. The van der Waals surface area contributed by atoms with Crippen molar-refractivity contribution in [1.82, 2.24) is 0 Å².